The molecule has 0 bridgehead atoms. The number of hydrogen-bond donors (Lipinski definition) is 2. The summed E-state index contributed by atoms with van der Waals surface area (Å²) < 4.78 is 5.81. The van der Waals surface area contributed by atoms with Gasteiger partial charge in [-0.25, -0.2) is 4.79 Å². The van der Waals surface area contributed by atoms with Gasteiger partial charge in [-0.05, 0) is 53.5 Å². The lowest BCUT2D eigenvalue weighted by atomic mass is 9.97. The van der Waals surface area contributed by atoms with Gasteiger partial charge in [0.15, 0.2) is 0 Å². The highest BCUT2D eigenvalue weighted by Gasteiger charge is 2.18. The van der Waals surface area contributed by atoms with Crippen LogP contribution in [0.25, 0.3) is 0 Å². The largest absolute Gasteiger partial charge is 0.493 e. The van der Waals surface area contributed by atoms with Gasteiger partial charge in [0.25, 0.3) is 0 Å². The minimum Gasteiger partial charge on any atom is -0.493 e. The van der Waals surface area contributed by atoms with Gasteiger partial charge in [0.1, 0.15) is 5.75 Å². The van der Waals surface area contributed by atoms with Gasteiger partial charge in [-0.2, -0.15) is 0 Å². The molecule has 0 saturated heterocycles. The summed E-state index contributed by atoms with van der Waals surface area (Å²) >= 11 is 0. The third kappa shape index (κ3) is 7.06. The van der Waals surface area contributed by atoms with Gasteiger partial charge in [-0.1, -0.05) is 79.9 Å². The van der Waals surface area contributed by atoms with E-state index in [0.29, 0.717) is 24.3 Å². The molecule has 3 rings (SSSR count). The maximum Gasteiger partial charge on any atom is 0.335 e. The standard InChI is InChI=1S/C31H31NO4/c1-4-10-23(5-2)19-20-36-27-17-15-24(16-18-27)22(3)30(33)32-29-14-9-7-12-26(29)21-25-11-6-8-13-28(25)31(34)35/h4-18,22H,1-2,19-21H2,3H3,(H,32,33)(H,34,35)/b23-10+. The molecule has 0 aliphatic heterocycles. The van der Waals surface area contributed by atoms with Crippen LogP contribution in [0.1, 0.15) is 46.3 Å². The molecule has 0 heterocycles. The average molecular weight is 482 g/mol. The zero-order chi connectivity index (χ0) is 25.9. The van der Waals surface area contributed by atoms with Crippen LogP contribution in [0.15, 0.2) is 110 Å². The number of carbonyl (C=O) groups is 2. The first-order valence-corrected chi connectivity index (χ1v) is 11.8. The van der Waals surface area contributed by atoms with Crippen molar-refractivity contribution in [2.45, 2.75) is 25.7 Å². The van der Waals surface area contributed by atoms with Gasteiger partial charge in [-0.3, -0.25) is 4.79 Å². The lowest BCUT2D eigenvalue weighted by molar-refractivity contribution is -0.117. The van der Waals surface area contributed by atoms with Gasteiger partial charge >= 0.3 is 5.97 Å². The molecule has 3 aromatic carbocycles. The molecule has 0 saturated carbocycles. The molecule has 2 N–H and O–H groups in total. The maximum atomic E-state index is 13.1. The van der Waals surface area contributed by atoms with Crippen LogP contribution in [0.4, 0.5) is 5.69 Å². The topological polar surface area (TPSA) is 75.6 Å². The highest BCUT2D eigenvalue weighted by Crippen LogP contribution is 2.25. The third-order valence-corrected chi connectivity index (χ3v) is 5.93. The molecule has 1 unspecified atom stereocenters. The van der Waals surface area contributed by atoms with Crippen molar-refractivity contribution >= 4 is 17.6 Å². The fourth-order valence-corrected chi connectivity index (χ4v) is 3.82. The summed E-state index contributed by atoms with van der Waals surface area (Å²) in [7, 11) is 0. The Morgan fingerprint density at radius 2 is 1.64 bits per heavy atom. The van der Waals surface area contributed by atoms with Gasteiger partial charge < -0.3 is 15.2 Å². The summed E-state index contributed by atoms with van der Waals surface area (Å²) in [6, 6.07) is 21.9. The first-order chi connectivity index (χ1) is 17.4. The van der Waals surface area contributed by atoms with Crippen molar-refractivity contribution in [1.82, 2.24) is 0 Å². The SMILES string of the molecule is C=C/C=C(\C=C)CCOc1ccc(C(C)C(=O)Nc2ccccc2Cc2ccccc2C(=O)O)cc1. The molecule has 0 fully saturated rings. The van der Waals surface area contributed by atoms with Crippen LogP contribution >= 0.6 is 0 Å². The summed E-state index contributed by atoms with van der Waals surface area (Å²) in [6.45, 7) is 9.85. The Hall–Kier alpha value is -4.38. The molecule has 3 aromatic rings. The second-order valence-electron chi connectivity index (χ2n) is 8.36. The Bertz CT molecular complexity index is 1260. The first kappa shape index (κ1) is 26.2. The Labute approximate surface area is 212 Å². The number of hydrogen-bond acceptors (Lipinski definition) is 3. The number of carboxylic acid groups (broad SMARTS) is 1. The molecule has 5 nitrogen and oxygen atoms in total. The van der Waals surface area contributed by atoms with E-state index in [0.717, 1.165) is 28.9 Å². The van der Waals surface area contributed by atoms with Crippen molar-refractivity contribution in [1.29, 1.82) is 0 Å². The summed E-state index contributed by atoms with van der Waals surface area (Å²) in [4.78, 5) is 24.6. The van der Waals surface area contributed by atoms with E-state index in [9.17, 15) is 14.7 Å². The molecule has 1 atom stereocenters. The molecule has 0 aromatic heterocycles. The van der Waals surface area contributed by atoms with Gasteiger partial charge in [0, 0.05) is 18.5 Å². The normalized spacial score (nSPS) is 11.9. The number of ether oxygens (including phenoxy) is 1. The molecule has 0 spiro atoms. The molecule has 184 valence electrons. The lowest BCUT2D eigenvalue weighted by Gasteiger charge is -2.16. The first-order valence-electron chi connectivity index (χ1n) is 11.8. The molecule has 0 radical (unpaired) electrons. The third-order valence-electron chi connectivity index (χ3n) is 5.93. The quantitative estimate of drug-likeness (QED) is 0.279. The smallest absolute Gasteiger partial charge is 0.335 e. The van der Waals surface area contributed by atoms with E-state index < -0.39 is 5.97 Å². The highest BCUT2D eigenvalue weighted by molar-refractivity contribution is 5.96. The van der Waals surface area contributed by atoms with Crippen LogP contribution in [-0.4, -0.2) is 23.6 Å². The predicted molar refractivity (Wildman–Crippen MR) is 145 cm³/mol. The van der Waals surface area contributed by atoms with E-state index in [1.165, 1.54) is 0 Å². The second kappa shape index (κ2) is 12.9. The van der Waals surface area contributed by atoms with E-state index in [1.807, 2.05) is 67.6 Å². The van der Waals surface area contributed by atoms with E-state index in [4.69, 9.17) is 4.74 Å². The fourth-order valence-electron chi connectivity index (χ4n) is 3.82. The number of nitrogens with one attached hydrogen (secondary N) is 1. The molecule has 0 aliphatic carbocycles. The van der Waals surface area contributed by atoms with Gasteiger partial charge in [-0.15, -0.1) is 0 Å². The van der Waals surface area contributed by atoms with E-state index in [-0.39, 0.29) is 17.4 Å². The molecular formula is C31H31NO4. The van der Waals surface area contributed by atoms with Crippen molar-refractivity contribution in [3.63, 3.8) is 0 Å². The Balaban J connectivity index is 1.65. The van der Waals surface area contributed by atoms with Crippen molar-refractivity contribution < 1.29 is 19.4 Å². The van der Waals surface area contributed by atoms with Crippen molar-refractivity contribution in [3.8, 4) is 5.75 Å². The van der Waals surface area contributed by atoms with E-state index in [1.54, 1.807) is 30.4 Å². The molecule has 36 heavy (non-hydrogen) atoms. The van der Waals surface area contributed by atoms with Crippen LogP contribution in [-0.2, 0) is 11.2 Å². The van der Waals surface area contributed by atoms with Crippen LogP contribution < -0.4 is 10.1 Å². The van der Waals surface area contributed by atoms with Crippen molar-refractivity contribution in [2.75, 3.05) is 11.9 Å². The maximum absolute atomic E-state index is 13.1. The number of amides is 1. The Morgan fingerprint density at radius 1 is 0.972 bits per heavy atom. The lowest BCUT2D eigenvalue weighted by Crippen LogP contribution is -2.20. The summed E-state index contributed by atoms with van der Waals surface area (Å²) in [5, 5.41) is 12.5. The zero-order valence-electron chi connectivity index (χ0n) is 20.4. The number of rotatable bonds is 12. The van der Waals surface area contributed by atoms with Crippen LogP contribution in [0.2, 0.25) is 0 Å². The Morgan fingerprint density at radius 3 is 2.31 bits per heavy atom. The minimum absolute atomic E-state index is 0.146. The average Bonchev–Trinajstić information content (AvgIpc) is 2.89. The monoisotopic (exact) mass is 481 g/mol. The number of benzene rings is 3. The Kier molecular flexibility index (Phi) is 9.40. The molecule has 0 aliphatic rings. The highest BCUT2D eigenvalue weighted by atomic mass is 16.5. The van der Waals surface area contributed by atoms with Crippen LogP contribution in [0.3, 0.4) is 0 Å². The van der Waals surface area contributed by atoms with E-state index in [2.05, 4.69) is 18.5 Å². The number of para-hydroxylation sites is 1. The number of anilines is 1. The van der Waals surface area contributed by atoms with Gasteiger partial charge in [0.2, 0.25) is 5.91 Å². The van der Waals surface area contributed by atoms with Crippen LogP contribution in [0.5, 0.6) is 5.75 Å². The van der Waals surface area contributed by atoms with E-state index >= 15 is 0 Å². The summed E-state index contributed by atoms with van der Waals surface area (Å²) in [6.07, 6.45) is 6.55. The molecule has 5 heteroatoms. The minimum atomic E-state index is -0.970. The van der Waals surface area contributed by atoms with Crippen molar-refractivity contribution in [2.24, 2.45) is 0 Å². The van der Waals surface area contributed by atoms with Gasteiger partial charge in [0.05, 0.1) is 18.1 Å². The van der Waals surface area contributed by atoms with Crippen molar-refractivity contribution in [3.05, 3.63) is 132 Å². The fraction of sp³-hybridized carbons (Fsp3) is 0.161. The summed E-state index contributed by atoms with van der Waals surface area (Å²) in [5.74, 6) is -0.771. The van der Waals surface area contributed by atoms with Crippen LogP contribution in [0, 0.1) is 0 Å². The number of aromatic carboxylic acids is 1. The zero-order valence-corrected chi connectivity index (χ0v) is 20.4. The second-order valence-corrected chi connectivity index (χ2v) is 8.36. The number of carbonyl (C=O) groups excluding carboxylic acids is 1. The predicted octanol–water partition coefficient (Wildman–Crippen LogP) is 6.79. The summed E-state index contributed by atoms with van der Waals surface area (Å²) in [5.41, 5.74) is 4.38. The molecule has 1 amide bonds. The number of allylic oxidation sites excluding steroid dienone is 3. The number of carboxylic acids is 1. The molecular weight excluding hydrogens is 450 g/mol.